The number of aryl methyl sites for hydroxylation is 1. The summed E-state index contributed by atoms with van der Waals surface area (Å²) in [6.45, 7) is 3.93. The minimum absolute atomic E-state index is 0.0281. The fraction of sp³-hybridized carbons (Fsp3) is 0.556. The quantitative estimate of drug-likeness (QED) is 0.863. The number of hydrogen-bond acceptors (Lipinski definition) is 5. The van der Waals surface area contributed by atoms with Crippen molar-refractivity contribution in [2.24, 2.45) is 5.73 Å². The van der Waals surface area contributed by atoms with Crippen molar-refractivity contribution in [1.29, 1.82) is 0 Å². The van der Waals surface area contributed by atoms with Crippen molar-refractivity contribution in [3.05, 3.63) is 41.5 Å². The van der Waals surface area contributed by atoms with E-state index >= 15 is 0 Å². The summed E-state index contributed by atoms with van der Waals surface area (Å²) in [5.74, 6) is -0.195. The third-order valence-corrected chi connectivity index (χ3v) is 4.70. The molecule has 3 rings (SSSR count). The molecule has 1 aliphatic rings. The van der Waals surface area contributed by atoms with Gasteiger partial charge in [-0.05, 0) is 51.7 Å². The summed E-state index contributed by atoms with van der Waals surface area (Å²) in [5, 5.41) is 11.2. The van der Waals surface area contributed by atoms with E-state index in [4.69, 9.17) is 5.73 Å². The molecule has 1 aliphatic carbocycles. The van der Waals surface area contributed by atoms with E-state index in [1.807, 2.05) is 36.7 Å². The Morgan fingerprint density at radius 2 is 2.12 bits per heavy atom. The normalized spacial score (nSPS) is 21.7. The Kier molecular flexibility index (Phi) is 5.43. The number of aromatic nitrogens is 4. The SMILES string of the molecule is Cc1cccc(C[C@H](C)NC(=O)c2cn(C3CCC(N)CC3)nn2)n1. The smallest absolute Gasteiger partial charge is 0.273 e. The molecule has 1 fully saturated rings. The van der Waals surface area contributed by atoms with E-state index < -0.39 is 0 Å². The first-order valence-corrected chi connectivity index (χ1v) is 8.92. The van der Waals surface area contributed by atoms with Gasteiger partial charge in [-0.2, -0.15) is 0 Å². The number of nitrogens with one attached hydrogen (secondary N) is 1. The zero-order chi connectivity index (χ0) is 17.8. The number of hydrogen-bond donors (Lipinski definition) is 2. The predicted octanol–water partition coefficient (Wildman–Crippen LogP) is 1.78. The summed E-state index contributed by atoms with van der Waals surface area (Å²) in [5.41, 5.74) is 8.25. The molecule has 134 valence electrons. The largest absolute Gasteiger partial charge is 0.348 e. The molecule has 1 amide bonds. The van der Waals surface area contributed by atoms with Gasteiger partial charge in [0.2, 0.25) is 0 Å². The molecule has 0 saturated heterocycles. The molecule has 7 nitrogen and oxygen atoms in total. The summed E-state index contributed by atoms with van der Waals surface area (Å²) >= 11 is 0. The fourth-order valence-corrected chi connectivity index (χ4v) is 3.30. The molecule has 3 N–H and O–H groups in total. The van der Waals surface area contributed by atoms with E-state index in [-0.39, 0.29) is 11.9 Å². The van der Waals surface area contributed by atoms with Gasteiger partial charge in [0.05, 0.1) is 12.2 Å². The highest BCUT2D eigenvalue weighted by molar-refractivity contribution is 5.92. The van der Waals surface area contributed by atoms with Crippen LogP contribution in [0.1, 0.15) is 60.5 Å². The second-order valence-electron chi connectivity index (χ2n) is 7.00. The van der Waals surface area contributed by atoms with Gasteiger partial charge >= 0.3 is 0 Å². The monoisotopic (exact) mass is 342 g/mol. The van der Waals surface area contributed by atoms with E-state index in [1.54, 1.807) is 6.20 Å². The van der Waals surface area contributed by atoms with Crippen molar-refractivity contribution in [2.75, 3.05) is 0 Å². The van der Waals surface area contributed by atoms with Crippen LogP contribution in [0.4, 0.5) is 0 Å². The number of carbonyl (C=O) groups is 1. The molecule has 2 heterocycles. The summed E-state index contributed by atoms with van der Waals surface area (Å²) < 4.78 is 1.81. The molecule has 2 aromatic heterocycles. The molecule has 0 aliphatic heterocycles. The Morgan fingerprint density at radius 1 is 1.36 bits per heavy atom. The number of rotatable bonds is 5. The minimum Gasteiger partial charge on any atom is -0.348 e. The van der Waals surface area contributed by atoms with Gasteiger partial charge in [-0.25, -0.2) is 4.68 Å². The number of carbonyl (C=O) groups excluding carboxylic acids is 1. The predicted molar refractivity (Wildman–Crippen MR) is 95.1 cm³/mol. The van der Waals surface area contributed by atoms with Crippen molar-refractivity contribution in [2.45, 2.75) is 64.1 Å². The van der Waals surface area contributed by atoms with Gasteiger partial charge in [-0.1, -0.05) is 11.3 Å². The second-order valence-corrected chi connectivity index (χ2v) is 7.00. The highest BCUT2D eigenvalue weighted by Crippen LogP contribution is 2.26. The summed E-state index contributed by atoms with van der Waals surface area (Å²) in [6.07, 6.45) is 6.39. The molecule has 0 bridgehead atoms. The lowest BCUT2D eigenvalue weighted by molar-refractivity contribution is 0.0935. The Morgan fingerprint density at radius 3 is 2.84 bits per heavy atom. The van der Waals surface area contributed by atoms with Gasteiger partial charge in [-0.3, -0.25) is 9.78 Å². The molecule has 0 radical (unpaired) electrons. The zero-order valence-electron chi connectivity index (χ0n) is 14.9. The van der Waals surface area contributed by atoms with Gasteiger partial charge in [0.1, 0.15) is 0 Å². The zero-order valence-corrected chi connectivity index (χ0v) is 14.9. The fourth-order valence-electron chi connectivity index (χ4n) is 3.30. The molecular weight excluding hydrogens is 316 g/mol. The van der Waals surface area contributed by atoms with E-state index in [2.05, 4.69) is 20.6 Å². The first kappa shape index (κ1) is 17.5. The average molecular weight is 342 g/mol. The standard InChI is InChI=1S/C18H26N6O/c1-12-4-3-5-15(20-12)10-13(2)21-18(25)17-11-24(23-22-17)16-8-6-14(19)7-9-16/h3-5,11,13-14,16H,6-10,19H2,1-2H3,(H,21,25)/t13-,14?,16?/m0/s1. The number of amides is 1. The van der Waals surface area contributed by atoms with Crippen LogP contribution < -0.4 is 11.1 Å². The molecule has 7 heteroatoms. The van der Waals surface area contributed by atoms with Crippen molar-refractivity contribution in [1.82, 2.24) is 25.3 Å². The molecule has 0 aromatic carbocycles. The van der Waals surface area contributed by atoms with E-state index in [0.29, 0.717) is 24.2 Å². The lowest BCUT2D eigenvalue weighted by atomic mass is 9.92. The third-order valence-electron chi connectivity index (χ3n) is 4.70. The van der Waals surface area contributed by atoms with Crippen molar-refractivity contribution < 1.29 is 4.79 Å². The second kappa shape index (κ2) is 7.74. The first-order valence-electron chi connectivity index (χ1n) is 8.92. The average Bonchev–Trinajstić information content (AvgIpc) is 3.05. The highest BCUT2D eigenvalue weighted by atomic mass is 16.2. The van der Waals surface area contributed by atoms with E-state index in [0.717, 1.165) is 37.1 Å². The first-order chi connectivity index (χ1) is 12.0. The summed E-state index contributed by atoms with van der Waals surface area (Å²) in [4.78, 5) is 16.9. The highest BCUT2D eigenvalue weighted by Gasteiger charge is 2.22. The number of nitrogens with zero attached hydrogens (tertiary/aromatic N) is 4. The van der Waals surface area contributed by atoms with Crippen LogP contribution >= 0.6 is 0 Å². The molecule has 2 aromatic rings. The topological polar surface area (TPSA) is 98.7 Å². The van der Waals surface area contributed by atoms with E-state index in [9.17, 15) is 4.79 Å². The minimum atomic E-state index is -0.195. The summed E-state index contributed by atoms with van der Waals surface area (Å²) in [6, 6.07) is 6.47. The van der Waals surface area contributed by atoms with Gasteiger partial charge < -0.3 is 11.1 Å². The Hall–Kier alpha value is -2.28. The Bertz CT molecular complexity index is 720. The molecule has 25 heavy (non-hydrogen) atoms. The maximum Gasteiger partial charge on any atom is 0.273 e. The van der Waals surface area contributed by atoms with Crippen LogP contribution in [0.2, 0.25) is 0 Å². The van der Waals surface area contributed by atoms with Crippen LogP contribution in [0, 0.1) is 6.92 Å². The number of nitrogens with two attached hydrogens (primary N) is 1. The van der Waals surface area contributed by atoms with Crippen LogP contribution in [-0.4, -0.2) is 38.0 Å². The third kappa shape index (κ3) is 4.63. The molecule has 0 unspecified atom stereocenters. The number of pyridine rings is 1. The van der Waals surface area contributed by atoms with Crippen LogP contribution in [0.25, 0.3) is 0 Å². The van der Waals surface area contributed by atoms with Gasteiger partial charge in [0.15, 0.2) is 5.69 Å². The Labute approximate surface area is 148 Å². The van der Waals surface area contributed by atoms with Crippen molar-refractivity contribution in [3.8, 4) is 0 Å². The van der Waals surface area contributed by atoms with Gasteiger partial charge in [-0.15, -0.1) is 5.10 Å². The van der Waals surface area contributed by atoms with Crippen molar-refractivity contribution in [3.63, 3.8) is 0 Å². The van der Waals surface area contributed by atoms with Gasteiger partial charge in [0, 0.05) is 29.9 Å². The van der Waals surface area contributed by atoms with Crippen LogP contribution in [-0.2, 0) is 6.42 Å². The molecule has 0 spiro atoms. The van der Waals surface area contributed by atoms with Crippen LogP contribution in [0.5, 0.6) is 0 Å². The maximum atomic E-state index is 12.4. The van der Waals surface area contributed by atoms with Gasteiger partial charge in [0.25, 0.3) is 5.91 Å². The lowest BCUT2D eigenvalue weighted by Gasteiger charge is -2.25. The van der Waals surface area contributed by atoms with Crippen molar-refractivity contribution >= 4 is 5.91 Å². The molecule has 1 atom stereocenters. The van der Waals surface area contributed by atoms with E-state index in [1.165, 1.54) is 0 Å². The van der Waals surface area contributed by atoms with Crippen LogP contribution in [0.3, 0.4) is 0 Å². The Balaban J connectivity index is 1.56. The molecule has 1 saturated carbocycles. The maximum absolute atomic E-state index is 12.4. The molecular formula is C18H26N6O. The van der Waals surface area contributed by atoms with Crippen LogP contribution in [0.15, 0.2) is 24.4 Å². The summed E-state index contributed by atoms with van der Waals surface area (Å²) in [7, 11) is 0. The lowest BCUT2D eigenvalue weighted by Crippen LogP contribution is -2.34.